The summed E-state index contributed by atoms with van der Waals surface area (Å²) >= 11 is 0. The Morgan fingerprint density at radius 1 is 1.31 bits per heavy atom. The Balaban J connectivity index is 1.70. The summed E-state index contributed by atoms with van der Waals surface area (Å²) in [5, 5.41) is 9.66. The SMILES string of the molecule is [C-]#[N+]c1ccc(Oc2ccc3c(c2)COB3O)nc1OCCOC(C)C. The molecule has 0 spiro atoms. The van der Waals surface area contributed by atoms with E-state index in [2.05, 4.69) is 9.83 Å². The molecule has 0 unspecified atom stereocenters. The molecule has 7 nitrogen and oxygen atoms in total. The van der Waals surface area contributed by atoms with E-state index in [1.54, 1.807) is 30.3 Å². The Labute approximate surface area is 152 Å². The third-order valence-corrected chi connectivity index (χ3v) is 3.71. The molecule has 1 N–H and O–H groups in total. The van der Waals surface area contributed by atoms with Crippen LogP contribution in [-0.2, 0) is 16.0 Å². The molecule has 0 amide bonds. The van der Waals surface area contributed by atoms with Gasteiger partial charge in [-0.25, -0.2) is 4.85 Å². The van der Waals surface area contributed by atoms with Crippen molar-refractivity contribution in [1.82, 2.24) is 4.98 Å². The molecule has 0 saturated heterocycles. The van der Waals surface area contributed by atoms with Crippen molar-refractivity contribution in [1.29, 1.82) is 0 Å². The summed E-state index contributed by atoms with van der Waals surface area (Å²) in [6.45, 7) is 12.2. The monoisotopic (exact) mass is 354 g/mol. The minimum atomic E-state index is -0.886. The van der Waals surface area contributed by atoms with Crippen LogP contribution in [0.3, 0.4) is 0 Å². The van der Waals surface area contributed by atoms with Gasteiger partial charge in [0.05, 0.1) is 25.9 Å². The first-order valence-corrected chi connectivity index (χ1v) is 8.30. The summed E-state index contributed by atoms with van der Waals surface area (Å²) in [4.78, 5) is 7.68. The number of rotatable bonds is 7. The second kappa shape index (κ2) is 8.19. The van der Waals surface area contributed by atoms with E-state index in [-0.39, 0.29) is 12.0 Å². The van der Waals surface area contributed by atoms with Crippen LogP contribution in [0.1, 0.15) is 19.4 Å². The first kappa shape index (κ1) is 18.2. The van der Waals surface area contributed by atoms with E-state index in [1.807, 2.05) is 13.8 Å². The molecular weight excluding hydrogens is 335 g/mol. The number of fused-ring (bicyclic) bond motifs is 1. The van der Waals surface area contributed by atoms with Crippen LogP contribution in [-0.4, -0.2) is 36.4 Å². The van der Waals surface area contributed by atoms with E-state index >= 15 is 0 Å². The number of benzene rings is 1. The Hall–Kier alpha value is -2.60. The van der Waals surface area contributed by atoms with Crippen LogP contribution < -0.4 is 14.9 Å². The van der Waals surface area contributed by atoms with Gasteiger partial charge in [0.25, 0.3) is 0 Å². The highest BCUT2D eigenvalue weighted by Gasteiger charge is 2.27. The second-order valence-corrected chi connectivity index (χ2v) is 5.98. The van der Waals surface area contributed by atoms with Gasteiger partial charge in [0.2, 0.25) is 17.4 Å². The van der Waals surface area contributed by atoms with Gasteiger partial charge in [0.15, 0.2) is 0 Å². The Morgan fingerprint density at radius 2 is 2.15 bits per heavy atom. The molecule has 134 valence electrons. The number of pyridine rings is 1. The average molecular weight is 354 g/mol. The molecule has 0 aliphatic carbocycles. The second-order valence-electron chi connectivity index (χ2n) is 5.98. The largest absolute Gasteiger partial charge is 0.491 e. The van der Waals surface area contributed by atoms with E-state index in [4.69, 9.17) is 25.4 Å². The summed E-state index contributed by atoms with van der Waals surface area (Å²) < 4.78 is 21.9. The standard InChI is InChI=1S/C18H19BN2O5/c1-12(2)23-8-9-24-18-16(20-3)6-7-17(21-18)26-14-4-5-15-13(10-14)11-25-19(15)22/h4-7,10,12,22H,8-9,11H2,1-2H3. The van der Waals surface area contributed by atoms with Gasteiger partial charge in [-0.05, 0) is 49.1 Å². The van der Waals surface area contributed by atoms with Crippen molar-refractivity contribution in [3.05, 3.63) is 47.3 Å². The molecule has 0 fully saturated rings. The smallest absolute Gasteiger partial charge is 0.484 e. The quantitative estimate of drug-likeness (QED) is 0.468. The molecule has 0 bridgehead atoms. The van der Waals surface area contributed by atoms with E-state index in [9.17, 15) is 5.02 Å². The zero-order valence-corrected chi connectivity index (χ0v) is 14.6. The van der Waals surface area contributed by atoms with Crippen LogP contribution in [0.5, 0.6) is 17.5 Å². The van der Waals surface area contributed by atoms with E-state index in [0.29, 0.717) is 37.1 Å². The number of hydrogen-bond acceptors (Lipinski definition) is 6. The number of ether oxygens (including phenoxy) is 3. The molecule has 1 aromatic heterocycles. The van der Waals surface area contributed by atoms with Crippen molar-refractivity contribution in [3.63, 3.8) is 0 Å². The molecule has 1 aliphatic heterocycles. The van der Waals surface area contributed by atoms with Crippen molar-refractivity contribution in [2.24, 2.45) is 0 Å². The van der Waals surface area contributed by atoms with Gasteiger partial charge in [0, 0.05) is 0 Å². The van der Waals surface area contributed by atoms with Gasteiger partial charge in [-0.2, -0.15) is 4.98 Å². The first-order valence-electron chi connectivity index (χ1n) is 8.30. The zero-order chi connectivity index (χ0) is 18.5. The van der Waals surface area contributed by atoms with Crippen molar-refractivity contribution < 1.29 is 23.9 Å². The normalized spacial score (nSPS) is 12.8. The lowest BCUT2D eigenvalue weighted by Crippen LogP contribution is -2.27. The molecule has 3 rings (SSSR count). The van der Waals surface area contributed by atoms with Gasteiger partial charge in [0.1, 0.15) is 12.4 Å². The van der Waals surface area contributed by atoms with Crippen molar-refractivity contribution in [2.75, 3.05) is 13.2 Å². The van der Waals surface area contributed by atoms with Crippen LogP contribution in [0.15, 0.2) is 30.3 Å². The third kappa shape index (κ3) is 4.32. The fourth-order valence-corrected chi connectivity index (χ4v) is 2.48. The summed E-state index contributed by atoms with van der Waals surface area (Å²) in [6, 6.07) is 8.51. The maximum atomic E-state index is 9.66. The predicted molar refractivity (Wildman–Crippen MR) is 96.0 cm³/mol. The zero-order valence-electron chi connectivity index (χ0n) is 14.6. The molecule has 0 radical (unpaired) electrons. The van der Waals surface area contributed by atoms with Gasteiger partial charge in [-0.1, -0.05) is 6.07 Å². The highest BCUT2D eigenvalue weighted by Crippen LogP contribution is 2.30. The lowest BCUT2D eigenvalue weighted by Gasteiger charge is -2.11. The lowest BCUT2D eigenvalue weighted by atomic mass is 9.80. The van der Waals surface area contributed by atoms with E-state index in [0.717, 1.165) is 11.0 Å². The summed E-state index contributed by atoms with van der Waals surface area (Å²) in [6.07, 6.45) is 0.115. The number of aromatic nitrogens is 1. The topological polar surface area (TPSA) is 74.4 Å². The van der Waals surface area contributed by atoms with Crippen molar-refractivity contribution in [3.8, 4) is 17.5 Å². The molecule has 1 aromatic carbocycles. The molecule has 8 heteroatoms. The summed E-state index contributed by atoms with van der Waals surface area (Å²) in [7, 11) is -0.886. The molecule has 2 heterocycles. The van der Waals surface area contributed by atoms with Crippen LogP contribution in [0.4, 0.5) is 5.69 Å². The van der Waals surface area contributed by atoms with Gasteiger partial charge >= 0.3 is 7.12 Å². The number of nitrogens with zero attached hydrogens (tertiary/aromatic N) is 2. The Morgan fingerprint density at radius 3 is 2.92 bits per heavy atom. The third-order valence-electron chi connectivity index (χ3n) is 3.71. The fourth-order valence-electron chi connectivity index (χ4n) is 2.48. The predicted octanol–water partition coefficient (Wildman–Crippen LogP) is 2.45. The first-order chi connectivity index (χ1) is 12.6. The minimum absolute atomic E-state index is 0.115. The van der Waals surface area contributed by atoms with Crippen LogP contribution in [0, 0.1) is 6.57 Å². The van der Waals surface area contributed by atoms with E-state index < -0.39 is 7.12 Å². The van der Waals surface area contributed by atoms with E-state index in [1.165, 1.54) is 0 Å². The van der Waals surface area contributed by atoms with Crippen LogP contribution in [0.25, 0.3) is 4.85 Å². The van der Waals surface area contributed by atoms with Gasteiger partial charge in [-0.15, -0.1) is 0 Å². The van der Waals surface area contributed by atoms with Crippen LogP contribution in [0.2, 0.25) is 0 Å². The van der Waals surface area contributed by atoms with Crippen LogP contribution >= 0.6 is 0 Å². The molecular formula is C18H19BN2O5. The summed E-state index contributed by atoms with van der Waals surface area (Å²) in [5.41, 5.74) is 1.92. The highest BCUT2D eigenvalue weighted by atomic mass is 16.5. The molecule has 0 saturated carbocycles. The molecule has 26 heavy (non-hydrogen) atoms. The average Bonchev–Trinajstić information content (AvgIpc) is 2.99. The van der Waals surface area contributed by atoms with Gasteiger partial charge < -0.3 is 23.9 Å². The Bertz CT molecular complexity index is 822. The van der Waals surface area contributed by atoms with Crippen molar-refractivity contribution >= 4 is 18.3 Å². The molecule has 2 aromatic rings. The number of hydrogen-bond donors (Lipinski definition) is 1. The van der Waals surface area contributed by atoms with Gasteiger partial charge in [-0.3, -0.25) is 0 Å². The molecule has 0 atom stereocenters. The van der Waals surface area contributed by atoms with Crippen molar-refractivity contribution in [2.45, 2.75) is 26.6 Å². The highest BCUT2D eigenvalue weighted by molar-refractivity contribution is 6.61. The summed E-state index contributed by atoms with van der Waals surface area (Å²) in [5.74, 6) is 1.10. The minimum Gasteiger partial charge on any atom is -0.484 e. The maximum absolute atomic E-state index is 9.66. The fraction of sp³-hybridized carbons (Fsp3) is 0.333. The Kier molecular flexibility index (Phi) is 5.73. The lowest BCUT2D eigenvalue weighted by molar-refractivity contribution is 0.0543. The maximum Gasteiger partial charge on any atom is 0.491 e. The molecule has 1 aliphatic rings.